The lowest BCUT2D eigenvalue weighted by molar-refractivity contribution is 0.195. The van der Waals surface area contributed by atoms with Crippen LogP contribution in [0.25, 0.3) is 0 Å². The maximum atomic E-state index is 5.22. The summed E-state index contributed by atoms with van der Waals surface area (Å²) in [6, 6.07) is 0. The van der Waals surface area contributed by atoms with Crippen LogP contribution in [0.3, 0.4) is 0 Å². The predicted molar refractivity (Wildman–Crippen MR) is 84.9 cm³/mol. The van der Waals surface area contributed by atoms with E-state index in [1.165, 1.54) is 0 Å². The molecule has 0 saturated carbocycles. The van der Waals surface area contributed by atoms with Crippen LogP contribution in [0.2, 0.25) is 0 Å². The molecule has 0 aromatic carbocycles. The van der Waals surface area contributed by atoms with Crippen LogP contribution >= 0.6 is 0 Å². The first kappa shape index (κ1) is 17.5. The summed E-state index contributed by atoms with van der Waals surface area (Å²) in [4.78, 5) is 4.63. The molecule has 6 nitrogen and oxygen atoms in total. The summed E-state index contributed by atoms with van der Waals surface area (Å²) in [6.07, 6.45) is 0.959. The molecule has 1 atom stereocenters. The first-order valence-corrected chi connectivity index (χ1v) is 7.54. The highest BCUT2D eigenvalue weighted by atomic mass is 16.5. The number of hydrogen-bond acceptors (Lipinski definition) is 4. The molecule has 0 aliphatic rings. The highest BCUT2D eigenvalue weighted by molar-refractivity contribution is 5.79. The van der Waals surface area contributed by atoms with E-state index in [9.17, 15) is 0 Å². The van der Waals surface area contributed by atoms with Gasteiger partial charge in [-0.3, -0.25) is 4.99 Å². The number of methoxy groups -OCH3 is 1. The van der Waals surface area contributed by atoms with Crippen LogP contribution in [-0.4, -0.2) is 44.5 Å². The molecule has 0 saturated heterocycles. The van der Waals surface area contributed by atoms with Crippen molar-refractivity contribution < 1.29 is 9.26 Å². The Labute approximate surface area is 127 Å². The van der Waals surface area contributed by atoms with E-state index in [1.807, 2.05) is 13.8 Å². The molecule has 2 N–H and O–H groups in total. The van der Waals surface area contributed by atoms with Crippen LogP contribution in [0, 0.1) is 13.8 Å². The standard InChI is InChI=1S/C15H28N4O2/c1-6-16-15(17-8-7-9-20-5)18-10-11(2)14-12(3)19-21-13(14)4/h11H,6-10H2,1-5H3,(H2,16,17,18). The van der Waals surface area contributed by atoms with Gasteiger partial charge >= 0.3 is 0 Å². The molecule has 0 aliphatic carbocycles. The Morgan fingerprint density at radius 3 is 2.71 bits per heavy atom. The largest absolute Gasteiger partial charge is 0.385 e. The fraction of sp³-hybridized carbons (Fsp3) is 0.733. The summed E-state index contributed by atoms with van der Waals surface area (Å²) in [5.74, 6) is 2.01. The number of aromatic nitrogens is 1. The Hall–Kier alpha value is -1.56. The second-order valence-corrected chi connectivity index (χ2v) is 5.13. The van der Waals surface area contributed by atoms with E-state index in [-0.39, 0.29) is 5.92 Å². The minimum Gasteiger partial charge on any atom is -0.385 e. The normalized spacial score (nSPS) is 13.3. The van der Waals surface area contributed by atoms with Gasteiger partial charge in [-0.1, -0.05) is 12.1 Å². The van der Waals surface area contributed by atoms with E-state index >= 15 is 0 Å². The third-order valence-corrected chi connectivity index (χ3v) is 3.27. The molecule has 0 spiro atoms. The van der Waals surface area contributed by atoms with Crippen molar-refractivity contribution in [3.8, 4) is 0 Å². The lowest BCUT2D eigenvalue weighted by Gasteiger charge is -2.13. The summed E-state index contributed by atoms with van der Waals surface area (Å²) in [5, 5.41) is 10.6. The van der Waals surface area contributed by atoms with E-state index in [2.05, 4.69) is 34.6 Å². The fourth-order valence-corrected chi connectivity index (χ4v) is 2.28. The van der Waals surface area contributed by atoms with Crippen LogP contribution in [0.1, 0.15) is 43.2 Å². The average Bonchev–Trinajstić information content (AvgIpc) is 2.79. The molecule has 120 valence electrons. The highest BCUT2D eigenvalue weighted by Gasteiger charge is 2.16. The molecule has 0 aliphatic heterocycles. The number of aryl methyl sites for hydroxylation is 2. The summed E-state index contributed by atoms with van der Waals surface area (Å²) in [6.45, 7) is 11.3. The molecule has 1 heterocycles. The van der Waals surface area contributed by atoms with Crippen molar-refractivity contribution >= 4 is 5.96 Å². The zero-order valence-corrected chi connectivity index (χ0v) is 13.8. The number of guanidine groups is 1. The predicted octanol–water partition coefficient (Wildman–Crippen LogP) is 1.99. The van der Waals surface area contributed by atoms with Gasteiger partial charge in [0.15, 0.2) is 5.96 Å². The van der Waals surface area contributed by atoms with E-state index in [4.69, 9.17) is 9.26 Å². The Balaban J connectivity index is 2.56. The van der Waals surface area contributed by atoms with Gasteiger partial charge in [0, 0.05) is 44.8 Å². The quantitative estimate of drug-likeness (QED) is 0.436. The first-order chi connectivity index (χ1) is 10.1. The van der Waals surface area contributed by atoms with Gasteiger partial charge in [-0.15, -0.1) is 0 Å². The van der Waals surface area contributed by atoms with Crippen molar-refractivity contribution in [2.45, 2.75) is 40.0 Å². The van der Waals surface area contributed by atoms with Gasteiger partial charge in [0.2, 0.25) is 0 Å². The van der Waals surface area contributed by atoms with Crippen molar-refractivity contribution in [3.63, 3.8) is 0 Å². The molecule has 0 amide bonds. The Bertz CT molecular complexity index is 423. The van der Waals surface area contributed by atoms with E-state index in [1.54, 1.807) is 7.11 Å². The van der Waals surface area contributed by atoms with Crippen LogP contribution < -0.4 is 10.6 Å². The van der Waals surface area contributed by atoms with E-state index < -0.39 is 0 Å². The zero-order chi connectivity index (χ0) is 15.7. The van der Waals surface area contributed by atoms with Gasteiger partial charge in [-0.25, -0.2) is 0 Å². The second-order valence-electron chi connectivity index (χ2n) is 5.13. The van der Waals surface area contributed by atoms with Gasteiger partial charge in [0.25, 0.3) is 0 Å². The minimum absolute atomic E-state index is 0.283. The van der Waals surface area contributed by atoms with Crippen LogP contribution in [-0.2, 0) is 4.74 Å². The molecule has 21 heavy (non-hydrogen) atoms. The number of rotatable bonds is 8. The third kappa shape index (κ3) is 5.75. The van der Waals surface area contributed by atoms with Gasteiger partial charge in [0.05, 0.1) is 5.69 Å². The zero-order valence-electron chi connectivity index (χ0n) is 13.8. The Morgan fingerprint density at radius 2 is 2.14 bits per heavy atom. The summed E-state index contributed by atoms with van der Waals surface area (Å²) >= 11 is 0. The number of nitrogens with one attached hydrogen (secondary N) is 2. The highest BCUT2D eigenvalue weighted by Crippen LogP contribution is 2.23. The topological polar surface area (TPSA) is 71.7 Å². The summed E-state index contributed by atoms with van der Waals surface area (Å²) in [5.41, 5.74) is 2.11. The average molecular weight is 296 g/mol. The molecular formula is C15H28N4O2. The van der Waals surface area contributed by atoms with E-state index in [0.717, 1.165) is 49.1 Å². The molecular weight excluding hydrogens is 268 g/mol. The van der Waals surface area contributed by atoms with E-state index in [0.29, 0.717) is 6.54 Å². The third-order valence-electron chi connectivity index (χ3n) is 3.27. The second kappa shape index (κ2) is 9.39. The molecule has 0 fully saturated rings. The van der Waals surface area contributed by atoms with Crippen molar-refractivity contribution in [3.05, 3.63) is 17.0 Å². The molecule has 0 bridgehead atoms. The smallest absolute Gasteiger partial charge is 0.191 e. The van der Waals surface area contributed by atoms with Crippen LogP contribution in [0.4, 0.5) is 0 Å². The first-order valence-electron chi connectivity index (χ1n) is 7.54. The molecule has 0 radical (unpaired) electrons. The fourth-order valence-electron chi connectivity index (χ4n) is 2.28. The molecule has 1 unspecified atom stereocenters. The summed E-state index contributed by atoms with van der Waals surface area (Å²) in [7, 11) is 1.71. The Kier molecular flexibility index (Phi) is 7.82. The van der Waals surface area contributed by atoms with Crippen molar-refractivity contribution in [1.29, 1.82) is 0 Å². The Morgan fingerprint density at radius 1 is 1.38 bits per heavy atom. The van der Waals surface area contributed by atoms with Crippen molar-refractivity contribution in [2.24, 2.45) is 4.99 Å². The molecule has 1 aromatic rings. The minimum atomic E-state index is 0.283. The van der Waals surface area contributed by atoms with Gasteiger partial charge in [-0.05, 0) is 27.2 Å². The molecule has 6 heteroatoms. The number of aliphatic imine (C=N–C) groups is 1. The molecule has 1 aromatic heterocycles. The number of hydrogen-bond donors (Lipinski definition) is 2. The van der Waals surface area contributed by atoms with Gasteiger partial charge < -0.3 is 19.9 Å². The SMILES string of the molecule is CCNC(=NCC(C)c1c(C)noc1C)NCCCOC. The van der Waals surface area contributed by atoms with Crippen molar-refractivity contribution in [1.82, 2.24) is 15.8 Å². The van der Waals surface area contributed by atoms with Gasteiger partial charge in [-0.2, -0.15) is 0 Å². The monoisotopic (exact) mass is 296 g/mol. The number of ether oxygens (including phenoxy) is 1. The van der Waals surface area contributed by atoms with Gasteiger partial charge in [0.1, 0.15) is 5.76 Å². The maximum Gasteiger partial charge on any atom is 0.191 e. The lowest BCUT2D eigenvalue weighted by atomic mass is 10.00. The molecule has 1 rings (SSSR count). The van der Waals surface area contributed by atoms with Crippen LogP contribution in [0.15, 0.2) is 9.52 Å². The van der Waals surface area contributed by atoms with Crippen molar-refractivity contribution in [2.75, 3.05) is 33.4 Å². The summed E-state index contributed by atoms with van der Waals surface area (Å²) < 4.78 is 10.3. The lowest BCUT2D eigenvalue weighted by Crippen LogP contribution is -2.38. The number of nitrogens with zero attached hydrogens (tertiary/aromatic N) is 2. The maximum absolute atomic E-state index is 5.22. The van der Waals surface area contributed by atoms with Crippen LogP contribution in [0.5, 0.6) is 0 Å².